The summed E-state index contributed by atoms with van der Waals surface area (Å²) in [6.07, 6.45) is 1.71. The SMILES string of the molecule is CCCCN1C(=O)NC(c2cccc(NC(=O)c3ccc(F)cc3)c2)C(C(=O)OC)=C1C. The molecule has 7 nitrogen and oxygen atoms in total. The minimum atomic E-state index is -0.726. The van der Waals surface area contributed by atoms with Gasteiger partial charge in [-0.2, -0.15) is 0 Å². The standard InChI is InChI=1S/C24H26FN3O4/c1-4-5-13-28-15(2)20(23(30)32-3)21(27-24(28)31)17-7-6-8-19(14-17)26-22(29)16-9-11-18(25)12-10-16/h6-12,14,21H,4-5,13H2,1-3H3,(H,26,29)(H,27,31). The number of halogens is 1. The monoisotopic (exact) mass is 439 g/mol. The first-order valence-electron chi connectivity index (χ1n) is 10.4. The molecule has 3 rings (SSSR count). The molecule has 1 aliphatic heterocycles. The van der Waals surface area contributed by atoms with Crippen molar-refractivity contribution in [3.05, 3.63) is 76.7 Å². The van der Waals surface area contributed by atoms with Gasteiger partial charge in [0.15, 0.2) is 0 Å². The van der Waals surface area contributed by atoms with Gasteiger partial charge in [0.25, 0.3) is 5.91 Å². The van der Waals surface area contributed by atoms with Crippen LogP contribution in [-0.4, -0.2) is 36.5 Å². The van der Waals surface area contributed by atoms with Crippen LogP contribution in [0.3, 0.4) is 0 Å². The molecule has 0 bridgehead atoms. The van der Waals surface area contributed by atoms with Gasteiger partial charge in [-0.05, 0) is 55.3 Å². The van der Waals surface area contributed by atoms with Crippen LogP contribution in [0.15, 0.2) is 59.8 Å². The first-order valence-corrected chi connectivity index (χ1v) is 10.4. The third-order valence-electron chi connectivity index (χ3n) is 5.32. The van der Waals surface area contributed by atoms with E-state index >= 15 is 0 Å². The molecule has 8 heteroatoms. The average Bonchev–Trinajstić information content (AvgIpc) is 2.78. The van der Waals surface area contributed by atoms with E-state index in [-0.39, 0.29) is 6.03 Å². The normalized spacial score (nSPS) is 15.9. The highest BCUT2D eigenvalue weighted by Gasteiger charge is 2.36. The Balaban J connectivity index is 1.91. The van der Waals surface area contributed by atoms with Crippen LogP contribution in [0.4, 0.5) is 14.9 Å². The second-order valence-electron chi connectivity index (χ2n) is 7.46. The topological polar surface area (TPSA) is 87.7 Å². The number of anilines is 1. The van der Waals surface area contributed by atoms with Crippen LogP contribution in [0, 0.1) is 5.82 Å². The first kappa shape index (κ1) is 23.0. The number of allylic oxidation sites excluding steroid dienone is 1. The van der Waals surface area contributed by atoms with Crippen molar-refractivity contribution >= 4 is 23.6 Å². The molecular formula is C24H26FN3O4. The maximum atomic E-state index is 13.1. The second-order valence-corrected chi connectivity index (χ2v) is 7.46. The van der Waals surface area contributed by atoms with Gasteiger partial charge in [-0.1, -0.05) is 25.5 Å². The van der Waals surface area contributed by atoms with E-state index in [2.05, 4.69) is 10.6 Å². The van der Waals surface area contributed by atoms with Gasteiger partial charge in [0, 0.05) is 23.5 Å². The van der Waals surface area contributed by atoms with E-state index in [1.807, 2.05) is 6.92 Å². The molecule has 1 unspecified atom stereocenters. The van der Waals surface area contributed by atoms with Crippen molar-refractivity contribution in [2.75, 3.05) is 19.0 Å². The highest BCUT2D eigenvalue weighted by Crippen LogP contribution is 2.32. The number of methoxy groups -OCH3 is 1. The van der Waals surface area contributed by atoms with E-state index in [9.17, 15) is 18.8 Å². The van der Waals surface area contributed by atoms with Crippen LogP contribution >= 0.6 is 0 Å². The van der Waals surface area contributed by atoms with Crippen molar-refractivity contribution in [2.24, 2.45) is 0 Å². The number of hydrogen-bond donors (Lipinski definition) is 2. The fourth-order valence-corrected chi connectivity index (χ4v) is 3.59. The Morgan fingerprint density at radius 2 is 1.91 bits per heavy atom. The van der Waals surface area contributed by atoms with Crippen molar-refractivity contribution < 1.29 is 23.5 Å². The molecule has 0 radical (unpaired) electrons. The number of carbonyl (C=O) groups is 3. The fourth-order valence-electron chi connectivity index (χ4n) is 3.59. The maximum Gasteiger partial charge on any atom is 0.337 e. The minimum Gasteiger partial charge on any atom is -0.466 e. The Hall–Kier alpha value is -3.68. The predicted molar refractivity (Wildman–Crippen MR) is 118 cm³/mol. The lowest BCUT2D eigenvalue weighted by Gasteiger charge is -2.35. The number of hydrogen-bond acceptors (Lipinski definition) is 4. The Kier molecular flexibility index (Phi) is 7.25. The van der Waals surface area contributed by atoms with Gasteiger partial charge in [-0.25, -0.2) is 14.0 Å². The largest absolute Gasteiger partial charge is 0.466 e. The quantitative estimate of drug-likeness (QED) is 0.627. The molecule has 1 heterocycles. The third kappa shape index (κ3) is 4.96. The summed E-state index contributed by atoms with van der Waals surface area (Å²) in [6, 6.07) is 11.0. The third-order valence-corrected chi connectivity index (χ3v) is 5.32. The van der Waals surface area contributed by atoms with Crippen LogP contribution in [0.5, 0.6) is 0 Å². The number of nitrogens with zero attached hydrogens (tertiary/aromatic N) is 1. The summed E-state index contributed by atoms with van der Waals surface area (Å²) in [6.45, 7) is 4.25. The first-order chi connectivity index (χ1) is 15.3. The molecular weight excluding hydrogens is 413 g/mol. The summed E-state index contributed by atoms with van der Waals surface area (Å²) in [5.74, 6) is -1.36. The molecule has 0 aromatic heterocycles. The number of unbranched alkanes of at least 4 members (excludes halogenated alkanes) is 1. The molecule has 0 fully saturated rings. The minimum absolute atomic E-state index is 0.297. The van der Waals surface area contributed by atoms with Gasteiger partial charge in [0.2, 0.25) is 0 Å². The van der Waals surface area contributed by atoms with Crippen molar-refractivity contribution in [3.8, 4) is 0 Å². The Morgan fingerprint density at radius 3 is 2.56 bits per heavy atom. The molecule has 0 spiro atoms. The van der Waals surface area contributed by atoms with Crippen LogP contribution in [0.25, 0.3) is 0 Å². The summed E-state index contributed by atoms with van der Waals surface area (Å²) in [7, 11) is 1.30. The smallest absolute Gasteiger partial charge is 0.337 e. The van der Waals surface area contributed by atoms with Gasteiger partial charge in [0.05, 0.1) is 18.7 Å². The maximum absolute atomic E-state index is 13.1. The van der Waals surface area contributed by atoms with Crippen LogP contribution in [0.2, 0.25) is 0 Å². The summed E-state index contributed by atoms with van der Waals surface area (Å²) < 4.78 is 18.1. The Bertz CT molecular complexity index is 1050. The summed E-state index contributed by atoms with van der Waals surface area (Å²) >= 11 is 0. The number of amides is 3. The highest BCUT2D eigenvalue weighted by molar-refractivity contribution is 6.04. The van der Waals surface area contributed by atoms with E-state index in [0.29, 0.717) is 34.6 Å². The van der Waals surface area contributed by atoms with Gasteiger partial charge in [-0.15, -0.1) is 0 Å². The molecule has 168 valence electrons. The van der Waals surface area contributed by atoms with Gasteiger partial charge in [0.1, 0.15) is 5.82 Å². The van der Waals surface area contributed by atoms with Crippen LogP contribution < -0.4 is 10.6 Å². The fraction of sp³-hybridized carbons (Fsp3) is 0.292. The van der Waals surface area contributed by atoms with Crippen molar-refractivity contribution in [3.63, 3.8) is 0 Å². The molecule has 1 aliphatic rings. The lowest BCUT2D eigenvalue weighted by atomic mass is 9.94. The highest BCUT2D eigenvalue weighted by atomic mass is 19.1. The second kappa shape index (κ2) is 10.1. The van der Waals surface area contributed by atoms with Gasteiger partial charge in [-0.3, -0.25) is 9.69 Å². The van der Waals surface area contributed by atoms with E-state index < -0.39 is 23.7 Å². The van der Waals surface area contributed by atoms with Crippen molar-refractivity contribution in [2.45, 2.75) is 32.7 Å². The molecule has 2 aromatic carbocycles. The number of ether oxygens (including phenoxy) is 1. The van der Waals surface area contributed by atoms with E-state index in [0.717, 1.165) is 12.8 Å². The zero-order chi connectivity index (χ0) is 23.3. The molecule has 32 heavy (non-hydrogen) atoms. The van der Waals surface area contributed by atoms with Gasteiger partial charge < -0.3 is 15.4 Å². The molecule has 1 atom stereocenters. The summed E-state index contributed by atoms with van der Waals surface area (Å²) in [5, 5.41) is 5.64. The Morgan fingerprint density at radius 1 is 1.19 bits per heavy atom. The number of esters is 1. The number of carbonyl (C=O) groups excluding carboxylic acids is 3. The van der Waals surface area contributed by atoms with Crippen LogP contribution in [-0.2, 0) is 9.53 Å². The van der Waals surface area contributed by atoms with Crippen molar-refractivity contribution in [1.82, 2.24) is 10.2 Å². The lowest BCUT2D eigenvalue weighted by Crippen LogP contribution is -2.48. The van der Waals surface area contributed by atoms with E-state index in [4.69, 9.17) is 4.74 Å². The van der Waals surface area contributed by atoms with E-state index in [1.165, 1.54) is 31.4 Å². The zero-order valence-electron chi connectivity index (χ0n) is 18.3. The summed E-state index contributed by atoms with van der Waals surface area (Å²) in [5.41, 5.74) is 2.27. The number of urea groups is 1. The molecule has 0 saturated carbocycles. The predicted octanol–water partition coefficient (Wildman–Crippen LogP) is 4.39. The van der Waals surface area contributed by atoms with E-state index in [1.54, 1.807) is 36.1 Å². The molecule has 3 amide bonds. The Labute approximate surface area is 186 Å². The molecule has 0 aliphatic carbocycles. The summed E-state index contributed by atoms with van der Waals surface area (Å²) in [4.78, 5) is 39.4. The number of rotatable bonds is 7. The lowest BCUT2D eigenvalue weighted by molar-refractivity contribution is -0.136. The number of nitrogens with one attached hydrogen (secondary N) is 2. The zero-order valence-corrected chi connectivity index (χ0v) is 18.3. The van der Waals surface area contributed by atoms with Gasteiger partial charge >= 0.3 is 12.0 Å². The molecule has 0 saturated heterocycles. The van der Waals surface area contributed by atoms with Crippen molar-refractivity contribution in [1.29, 1.82) is 0 Å². The molecule has 2 aromatic rings. The average molecular weight is 439 g/mol. The number of benzene rings is 2. The molecule has 2 N–H and O–H groups in total. The van der Waals surface area contributed by atoms with Crippen LogP contribution in [0.1, 0.15) is 48.7 Å².